The highest BCUT2D eigenvalue weighted by atomic mass is 15.2. The lowest BCUT2D eigenvalue weighted by atomic mass is 9.96. The molecule has 1 aromatic rings. The van der Waals surface area contributed by atoms with Gasteiger partial charge in [0.05, 0.1) is 0 Å². The molecule has 1 N–H and O–H groups in total. The quantitative estimate of drug-likeness (QED) is 0.808. The Morgan fingerprint density at radius 2 is 2.10 bits per heavy atom. The lowest BCUT2D eigenvalue weighted by Gasteiger charge is -2.37. The molecule has 2 nitrogen and oxygen atoms in total. The van der Waals surface area contributed by atoms with Gasteiger partial charge >= 0.3 is 0 Å². The zero-order valence-electron chi connectivity index (χ0n) is 13.4. The Hall–Kier alpha value is -1.02. The zero-order valence-corrected chi connectivity index (χ0v) is 13.4. The van der Waals surface area contributed by atoms with Gasteiger partial charge in [0, 0.05) is 24.3 Å². The summed E-state index contributed by atoms with van der Waals surface area (Å²) in [6.45, 7) is 9.14. The summed E-state index contributed by atoms with van der Waals surface area (Å²) < 4.78 is 0. The van der Waals surface area contributed by atoms with E-state index < -0.39 is 0 Å². The van der Waals surface area contributed by atoms with E-state index >= 15 is 0 Å². The van der Waals surface area contributed by atoms with Crippen molar-refractivity contribution in [2.75, 3.05) is 18.0 Å². The fraction of sp³-hybridized carbons (Fsp3) is 0.667. The number of hydrogen-bond acceptors (Lipinski definition) is 2. The van der Waals surface area contributed by atoms with E-state index in [0.29, 0.717) is 12.1 Å². The molecule has 0 amide bonds. The van der Waals surface area contributed by atoms with Gasteiger partial charge in [-0.3, -0.25) is 0 Å². The van der Waals surface area contributed by atoms with E-state index in [-0.39, 0.29) is 0 Å². The van der Waals surface area contributed by atoms with Crippen LogP contribution in [-0.4, -0.2) is 25.2 Å². The average molecular weight is 274 g/mol. The SMILES string of the molecule is CCNC(CC)CCCN1c2ccccc2CCC1C. The molecule has 0 aliphatic carbocycles. The fourth-order valence-electron chi connectivity index (χ4n) is 3.35. The molecular weight excluding hydrogens is 244 g/mol. The third kappa shape index (κ3) is 3.76. The number of nitrogens with one attached hydrogen (secondary N) is 1. The van der Waals surface area contributed by atoms with Crippen LogP contribution >= 0.6 is 0 Å². The highest BCUT2D eigenvalue weighted by molar-refractivity contribution is 5.56. The predicted octanol–water partition coefficient (Wildman–Crippen LogP) is 4.00. The molecule has 1 heterocycles. The van der Waals surface area contributed by atoms with Crippen LogP contribution in [0.2, 0.25) is 0 Å². The van der Waals surface area contributed by atoms with Crippen molar-refractivity contribution in [2.45, 2.75) is 65.0 Å². The summed E-state index contributed by atoms with van der Waals surface area (Å²) in [4.78, 5) is 2.62. The first kappa shape index (κ1) is 15.4. The van der Waals surface area contributed by atoms with Crippen LogP contribution in [0.15, 0.2) is 24.3 Å². The lowest BCUT2D eigenvalue weighted by molar-refractivity contribution is 0.455. The van der Waals surface area contributed by atoms with Gasteiger partial charge in [-0.2, -0.15) is 0 Å². The maximum atomic E-state index is 3.58. The summed E-state index contributed by atoms with van der Waals surface area (Å²) in [7, 11) is 0. The molecule has 0 aromatic heterocycles. The first-order chi connectivity index (χ1) is 9.76. The van der Waals surface area contributed by atoms with Crippen molar-refractivity contribution >= 4 is 5.69 Å². The van der Waals surface area contributed by atoms with Gasteiger partial charge in [0.25, 0.3) is 0 Å². The van der Waals surface area contributed by atoms with Crippen LogP contribution in [0.3, 0.4) is 0 Å². The minimum Gasteiger partial charge on any atom is -0.369 e. The van der Waals surface area contributed by atoms with Crippen LogP contribution in [0.1, 0.15) is 52.0 Å². The molecule has 0 spiro atoms. The molecule has 20 heavy (non-hydrogen) atoms. The van der Waals surface area contributed by atoms with Gasteiger partial charge in [0.2, 0.25) is 0 Å². The number of hydrogen-bond donors (Lipinski definition) is 1. The number of nitrogens with zero attached hydrogens (tertiary/aromatic N) is 1. The minimum absolute atomic E-state index is 0.684. The van der Waals surface area contributed by atoms with Gasteiger partial charge in [0.15, 0.2) is 0 Å². The maximum absolute atomic E-state index is 3.58. The largest absolute Gasteiger partial charge is 0.369 e. The standard InChI is InChI=1S/C18H30N2/c1-4-17(19-5-2)10-8-14-20-15(3)12-13-16-9-6-7-11-18(16)20/h6-7,9,11,15,17,19H,4-5,8,10,12-14H2,1-3H3. The van der Waals surface area contributed by atoms with Crippen LogP contribution in [0.25, 0.3) is 0 Å². The van der Waals surface area contributed by atoms with Crippen molar-refractivity contribution < 1.29 is 0 Å². The van der Waals surface area contributed by atoms with E-state index in [0.717, 1.165) is 6.54 Å². The molecule has 0 bridgehead atoms. The number of aryl methyl sites for hydroxylation is 1. The molecule has 2 atom stereocenters. The molecule has 2 rings (SSSR count). The molecule has 1 aliphatic rings. The van der Waals surface area contributed by atoms with Crippen molar-refractivity contribution in [1.82, 2.24) is 5.32 Å². The monoisotopic (exact) mass is 274 g/mol. The van der Waals surface area contributed by atoms with Gasteiger partial charge in [-0.25, -0.2) is 0 Å². The smallest absolute Gasteiger partial charge is 0.0401 e. The molecule has 1 aromatic carbocycles. The predicted molar refractivity (Wildman–Crippen MR) is 88.6 cm³/mol. The molecule has 112 valence electrons. The van der Waals surface area contributed by atoms with E-state index in [1.54, 1.807) is 0 Å². The van der Waals surface area contributed by atoms with Crippen LogP contribution in [-0.2, 0) is 6.42 Å². The molecule has 2 unspecified atom stereocenters. The number of anilines is 1. The van der Waals surface area contributed by atoms with E-state index in [1.165, 1.54) is 49.9 Å². The molecular formula is C18H30N2. The van der Waals surface area contributed by atoms with Crippen molar-refractivity contribution in [1.29, 1.82) is 0 Å². The number of rotatable bonds is 7. The summed E-state index contributed by atoms with van der Waals surface area (Å²) in [6, 6.07) is 10.3. The van der Waals surface area contributed by atoms with Crippen LogP contribution in [0.4, 0.5) is 5.69 Å². The van der Waals surface area contributed by atoms with Gasteiger partial charge in [-0.05, 0) is 57.2 Å². The Morgan fingerprint density at radius 1 is 1.30 bits per heavy atom. The Balaban J connectivity index is 1.92. The van der Waals surface area contributed by atoms with Crippen molar-refractivity contribution in [3.05, 3.63) is 29.8 Å². The van der Waals surface area contributed by atoms with Crippen LogP contribution in [0, 0.1) is 0 Å². The molecule has 0 saturated heterocycles. The summed E-state index contributed by atoms with van der Waals surface area (Å²) in [5.41, 5.74) is 3.01. The second-order valence-electron chi connectivity index (χ2n) is 6.01. The summed E-state index contributed by atoms with van der Waals surface area (Å²) in [6.07, 6.45) is 6.34. The van der Waals surface area contributed by atoms with Gasteiger partial charge in [-0.15, -0.1) is 0 Å². The summed E-state index contributed by atoms with van der Waals surface area (Å²) >= 11 is 0. The molecule has 2 heteroatoms. The number of para-hydroxylation sites is 1. The van der Waals surface area contributed by atoms with E-state index in [1.807, 2.05) is 0 Å². The minimum atomic E-state index is 0.684. The van der Waals surface area contributed by atoms with Gasteiger partial charge < -0.3 is 10.2 Å². The van der Waals surface area contributed by atoms with E-state index in [4.69, 9.17) is 0 Å². The first-order valence-corrected chi connectivity index (χ1v) is 8.34. The summed E-state index contributed by atoms with van der Waals surface area (Å²) in [5, 5.41) is 3.58. The Bertz CT molecular complexity index is 402. The highest BCUT2D eigenvalue weighted by Gasteiger charge is 2.22. The number of fused-ring (bicyclic) bond motifs is 1. The second-order valence-corrected chi connectivity index (χ2v) is 6.01. The van der Waals surface area contributed by atoms with Gasteiger partial charge in [-0.1, -0.05) is 32.0 Å². The van der Waals surface area contributed by atoms with E-state index in [2.05, 4.69) is 55.3 Å². The van der Waals surface area contributed by atoms with Crippen molar-refractivity contribution in [3.63, 3.8) is 0 Å². The first-order valence-electron chi connectivity index (χ1n) is 8.34. The second kappa shape index (κ2) is 7.68. The zero-order chi connectivity index (χ0) is 14.4. The van der Waals surface area contributed by atoms with E-state index in [9.17, 15) is 0 Å². The maximum Gasteiger partial charge on any atom is 0.0401 e. The van der Waals surface area contributed by atoms with Crippen molar-refractivity contribution in [3.8, 4) is 0 Å². The molecule has 0 fully saturated rings. The molecule has 0 saturated carbocycles. The number of benzene rings is 1. The van der Waals surface area contributed by atoms with Crippen molar-refractivity contribution in [2.24, 2.45) is 0 Å². The third-order valence-electron chi connectivity index (χ3n) is 4.60. The van der Waals surface area contributed by atoms with Gasteiger partial charge in [0.1, 0.15) is 0 Å². The lowest BCUT2D eigenvalue weighted by Crippen LogP contribution is -2.38. The van der Waals surface area contributed by atoms with Crippen LogP contribution in [0.5, 0.6) is 0 Å². The third-order valence-corrected chi connectivity index (χ3v) is 4.60. The Kier molecular flexibility index (Phi) is 5.90. The van der Waals surface area contributed by atoms with Crippen LogP contribution < -0.4 is 10.2 Å². The topological polar surface area (TPSA) is 15.3 Å². The molecule has 0 radical (unpaired) electrons. The Labute approximate surface area is 124 Å². The normalized spacial score (nSPS) is 19.8. The fourth-order valence-corrected chi connectivity index (χ4v) is 3.35. The average Bonchev–Trinajstić information content (AvgIpc) is 2.48. The summed E-state index contributed by atoms with van der Waals surface area (Å²) in [5.74, 6) is 0. The molecule has 1 aliphatic heterocycles. The highest BCUT2D eigenvalue weighted by Crippen LogP contribution is 2.30. The Morgan fingerprint density at radius 3 is 2.85 bits per heavy atom.